The first-order valence-corrected chi connectivity index (χ1v) is 20.1. The highest BCUT2D eigenvalue weighted by Crippen LogP contribution is 2.78. The number of fused-ring (bicyclic) bond motifs is 7. The molecule has 8 heteroatoms. The van der Waals surface area contributed by atoms with E-state index in [1.807, 2.05) is 4.90 Å². The fourth-order valence-electron chi connectivity index (χ4n) is 13.6. The summed E-state index contributed by atoms with van der Waals surface area (Å²) in [4.78, 5) is 41.0. The molecule has 0 aliphatic heterocycles. The number of ether oxygens (including phenoxy) is 3. The molecule has 290 valence electrons. The molecule has 5 aliphatic rings. The quantitative estimate of drug-likeness (QED) is 0.151. The Hall–Kier alpha value is -1.93. The second-order valence-electron chi connectivity index (χ2n) is 19.8. The molecule has 8 nitrogen and oxygen atoms in total. The summed E-state index contributed by atoms with van der Waals surface area (Å²) < 4.78 is 17.0. The molecule has 0 unspecified atom stereocenters. The molecule has 5 aliphatic carbocycles. The lowest BCUT2D eigenvalue weighted by Crippen LogP contribution is -2.67. The van der Waals surface area contributed by atoms with Crippen LogP contribution in [0.25, 0.3) is 0 Å². The summed E-state index contributed by atoms with van der Waals surface area (Å²) >= 11 is 0. The van der Waals surface area contributed by atoms with Crippen molar-refractivity contribution >= 4 is 17.8 Å². The molecular formula is C43H71NO7. The molecule has 10 atom stereocenters. The number of nitrogens with zero attached hydrogens (tertiary/aromatic N) is 1. The van der Waals surface area contributed by atoms with Crippen molar-refractivity contribution in [1.29, 1.82) is 0 Å². The molecule has 1 amide bonds. The number of allylic oxidation sites excluding steroid dienone is 1. The SMILES string of the molecule is C=C(C)[C@@H]1CC[C@]2(CC(=O)N(CCOC)CCOC)CC[C@]3(C)[C@H](CC[C@@H]4[C@@]5(C)CC[C@H](OC(=O)CC(C)(C)C(=O)O)C(C)(C)[C@@H]5CC[C@]43C)[C@@H]12. The summed E-state index contributed by atoms with van der Waals surface area (Å²) in [6.07, 6.45) is 11.3. The first-order valence-electron chi connectivity index (χ1n) is 20.1. The molecule has 0 aromatic heterocycles. The standard InChI is InChI=1S/C43H71NO7/c1-28(2)29-14-19-43(26-34(45)44(22-24-49-10)23-25-50-11)21-20-41(8)30(36(29)43)12-13-32-40(7)17-16-33(51-35(46)27-38(3,4)37(47)48)39(5,6)31(40)15-18-42(32,41)9/h29-33,36H,1,12-27H2,2-11H3,(H,47,48)/t29-,30+,31-,32+,33-,36+,40-,41+,42+,43+/m0/s1. The molecule has 5 rings (SSSR count). The van der Waals surface area contributed by atoms with Crippen molar-refractivity contribution in [3.63, 3.8) is 0 Å². The first-order chi connectivity index (χ1) is 23.7. The minimum absolute atomic E-state index is 0.00665. The monoisotopic (exact) mass is 714 g/mol. The van der Waals surface area contributed by atoms with Crippen molar-refractivity contribution in [2.75, 3.05) is 40.5 Å². The third kappa shape index (κ3) is 6.74. The molecule has 0 aromatic rings. The fourth-order valence-corrected chi connectivity index (χ4v) is 13.6. The van der Waals surface area contributed by atoms with Crippen LogP contribution in [0, 0.1) is 62.1 Å². The molecule has 0 heterocycles. The predicted octanol–water partition coefficient (Wildman–Crippen LogP) is 8.57. The smallest absolute Gasteiger partial charge is 0.309 e. The van der Waals surface area contributed by atoms with Crippen LogP contribution in [0.2, 0.25) is 0 Å². The van der Waals surface area contributed by atoms with Crippen molar-refractivity contribution in [1.82, 2.24) is 4.90 Å². The minimum Gasteiger partial charge on any atom is -0.481 e. The van der Waals surface area contributed by atoms with Gasteiger partial charge in [-0.25, -0.2) is 0 Å². The predicted molar refractivity (Wildman–Crippen MR) is 200 cm³/mol. The first kappa shape index (κ1) is 40.3. The van der Waals surface area contributed by atoms with E-state index in [0.29, 0.717) is 62.3 Å². The van der Waals surface area contributed by atoms with Crippen molar-refractivity contribution in [2.45, 2.75) is 139 Å². The zero-order valence-corrected chi connectivity index (χ0v) is 33.8. The van der Waals surface area contributed by atoms with Crippen LogP contribution in [-0.4, -0.2) is 74.5 Å². The summed E-state index contributed by atoms with van der Waals surface area (Å²) in [6.45, 7) is 24.7. The van der Waals surface area contributed by atoms with Crippen LogP contribution >= 0.6 is 0 Å². The number of esters is 1. The highest BCUT2D eigenvalue weighted by atomic mass is 16.5. The summed E-state index contributed by atoms with van der Waals surface area (Å²) in [5, 5.41) is 9.61. The van der Waals surface area contributed by atoms with Crippen LogP contribution in [-0.2, 0) is 28.6 Å². The summed E-state index contributed by atoms with van der Waals surface area (Å²) in [7, 11) is 3.39. The molecule has 51 heavy (non-hydrogen) atoms. The normalized spacial score (nSPS) is 39.9. The molecule has 0 bridgehead atoms. The fraction of sp³-hybridized carbons (Fsp3) is 0.884. The van der Waals surface area contributed by atoms with Gasteiger partial charge in [0.25, 0.3) is 0 Å². The number of methoxy groups -OCH3 is 2. The minimum atomic E-state index is -1.15. The van der Waals surface area contributed by atoms with Crippen molar-refractivity contribution < 1.29 is 33.7 Å². The summed E-state index contributed by atoms with van der Waals surface area (Å²) in [5.41, 5.74) is 0.418. The number of aliphatic carboxylic acids is 1. The van der Waals surface area contributed by atoms with Gasteiger partial charge < -0.3 is 24.2 Å². The van der Waals surface area contributed by atoms with Crippen LogP contribution in [0.3, 0.4) is 0 Å². The molecular weight excluding hydrogens is 642 g/mol. The molecule has 5 fully saturated rings. The lowest BCUT2D eigenvalue weighted by atomic mass is 9.32. The second-order valence-corrected chi connectivity index (χ2v) is 19.8. The lowest BCUT2D eigenvalue weighted by molar-refractivity contribution is -0.250. The highest BCUT2D eigenvalue weighted by molar-refractivity contribution is 5.81. The third-order valence-electron chi connectivity index (χ3n) is 16.6. The van der Waals surface area contributed by atoms with Crippen LogP contribution < -0.4 is 0 Å². The van der Waals surface area contributed by atoms with E-state index in [9.17, 15) is 19.5 Å². The average molecular weight is 714 g/mol. The topological polar surface area (TPSA) is 102 Å². The number of carboxylic acids is 1. The van der Waals surface area contributed by atoms with E-state index in [-0.39, 0.29) is 45.5 Å². The van der Waals surface area contributed by atoms with E-state index in [1.54, 1.807) is 28.1 Å². The van der Waals surface area contributed by atoms with Gasteiger partial charge in [-0.15, -0.1) is 0 Å². The Balaban J connectivity index is 1.40. The number of hydrogen-bond acceptors (Lipinski definition) is 6. The highest BCUT2D eigenvalue weighted by Gasteiger charge is 2.71. The number of carbonyl (C=O) groups excluding carboxylic acids is 2. The maximum absolute atomic E-state index is 14.2. The van der Waals surface area contributed by atoms with Crippen molar-refractivity contribution in [3.8, 4) is 0 Å². The molecule has 0 spiro atoms. The van der Waals surface area contributed by atoms with Gasteiger partial charge in [0.15, 0.2) is 0 Å². The van der Waals surface area contributed by atoms with Gasteiger partial charge >= 0.3 is 11.9 Å². The van der Waals surface area contributed by atoms with Crippen LogP contribution in [0.5, 0.6) is 0 Å². The van der Waals surface area contributed by atoms with Gasteiger partial charge in [-0.1, -0.05) is 46.8 Å². The Labute approximate surface area is 309 Å². The van der Waals surface area contributed by atoms with Gasteiger partial charge in [-0.05, 0) is 136 Å². The van der Waals surface area contributed by atoms with E-state index in [2.05, 4.69) is 48.1 Å². The summed E-state index contributed by atoms with van der Waals surface area (Å²) in [6, 6.07) is 0. The van der Waals surface area contributed by atoms with Gasteiger partial charge in [-0.2, -0.15) is 0 Å². The van der Waals surface area contributed by atoms with Crippen molar-refractivity contribution in [3.05, 3.63) is 12.2 Å². The Kier molecular flexibility index (Phi) is 11.3. The van der Waals surface area contributed by atoms with E-state index in [1.165, 1.54) is 24.8 Å². The maximum atomic E-state index is 14.2. The number of hydrogen-bond donors (Lipinski definition) is 1. The van der Waals surface area contributed by atoms with Gasteiger partial charge in [0, 0.05) is 39.1 Å². The molecule has 0 aromatic carbocycles. The zero-order valence-electron chi connectivity index (χ0n) is 33.8. The van der Waals surface area contributed by atoms with Crippen molar-refractivity contribution in [2.24, 2.45) is 62.1 Å². The number of carboxylic acid groups (broad SMARTS) is 1. The summed E-state index contributed by atoms with van der Waals surface area (Å²) in [5.74, 6) is 1.34. The van der Waals surface area contributed by atoms with E-state index in [0.717, 1.165) is 44.9 Å². The van der Waals surface area contributed by atoms with Gasteiger partial charge in [-0.3, -0.25) is 14.4 Å². The average Bonchev–Trinajstić information content (AvgIpc) is 3.42. The van der Waals surface area contributed by atoms with Gasteiger partial charge in [0.1, 0.15) is 6.10 Å². The van der Waals surface area contributed by atoms with E-state index in [4.69, 9.17) is 14.2 Å². The van der Waals surface area contributed by atoms with Gasteiger partial charge in [0.2, 0.25) is 5.91 Å². The zero-order chi connectivity index (χ0) is 37.8. The molecule has 5 saturated carbocycles. The number of rotatable bonds is 13. The largest absolute Gasteiger partial charge is 0.481 e. The van der Waals surface area contributed by atoms with E-state index >= 15 is 0 Å². The maximum Gasteiger partial charge on any atom is 0.309 e. The van der Waals surface area contributed by atoms with E-state index < -0.39 is 17.4 Å². The van der Waals surface area contributed by atoms with Gasteiger partial charge in [0.05, 0.1) is 25.0 Å². The molecule has 1 N–H and O–H groups in total. The lowest BCUT2D eigenvalue weighted by Gasteiger charge is -2.73. The molecule has 0 saturated heterocycles. The third-order valence-corrected chi connectivity index (χ3v) is 16.6. The Morgan fingerprint density at radius 3 is 2.06 bits per heavy atom. The number of amides is 1. The number of carbonyl (C=O) groups is 3. The second kappa shape index (κ2) is 14.4. The Morgan fingerprint density at radius 1 is 0.824 bits per heavy atom. The Morgan fingerprint density at radius 2 is 1.47 bits per heavy atom. The van der Waals surface area contributed by atoms with Crippen LogP contribution in [0.15, 0.2) is 12.2 Å². The van der Waals surface area contributed by atoms with Crippen LogP contribution in [0.4, 0.5) is 0 Å². The van der Waals surface area contributed by atoms with Crippen LogP contribution in [0.1, 0.15) is 132 Å². The Bertz CT molecular complexity index is 1330. The molecule has 0 radical (unpaired) electrons.